The fourth-order valence-corrected chi connectivity index (χ4v) is 15.1. The molecule has 0 bridgehead atoms. The summed E-state index contributed by atoms with van der Waals surface area (Å²) in [5, 5.41) is 4.04. The van der Waals surface area contributed by atoms with Gasteiger partial charge in [-0.1, -0.05) is 92.9 Å². The van der Waals surface area contributed by atoms with E-state index in [-0.39, 0.29) is 47.5 Å². The zero-order valence-corrected chi connectivity index (χ0v) is 25.8. The first-order valence-electron chi connectivity index (χ1n) is 14.6. The molecular weight excluding hydrogens is 495 g/mol. The normalized spacial score (nSPS) is 23.8. The molecule has 1 nitrogen and oxygen atoms in total. The van der Waals surface area contributed by atoms with Gasteiger partial charge in [0.25, 0.3) is 0 Å². The Hall–Kier alpha value is 1.33. The Balaban J connectivity index is 0.00000193. The summed E-state index contributed by atoms with van der Waals surface area (Å²) in [6.07, 6.45) is 34.1. The van der Waals surface area contributed by atoms with Gasteiger partial charge in [-0.2, -0.15) is 0 Å². The van der Waals surface area contributed by atoms with Crippen molar-refractivity contribution in [2.24, 2.45) is 0 Å². The Morgan fingerprint density at radius 3 is 0.882 bits per heavy atom. The van der Waals surface area contributed by atoms with Gasteiger partial charge in [-0.05, 0) is 99.4 Å². The van der Waals surface area contributed by atoms with Crippen molar-refractivity contribution >= 4 is 15.8 Å². The minimum atomic E-state index is 0. The molecule has 0 heterocycles. The molecule has 203 valence electrons. The Morgan fingerprint density at radius 2 is 0.647 bits per heavy atom. The molecule has 4 rings (SSSR count). The summed E-state index contributed by atoms with van der Waals surface area (Å²) in [6, 6.07) is 0. The van der Waals surface area contributed by atoms with Gasteiger partial charge in [0.1, 0.15) is 0 Å². The molecule has 0 aliphatic heterocycles. The second-order valence-electron chi connectivity index (χ2n) is 11.4. The molecule has 0 aromatic heterocycles. The molecule has 0 saturated heterocycles. The minimum Gasteiger partial charge on any atom is -0.358 e. The molecule has 0 spiro atoms. The third-order valence-electron chi connectivity index (χ3n) is 9.27. The van der Waals surface area contributed by atoms with Gasteiger partial charge in [0, 0.05) is 0 Å². The van der Waals surface area contributed by atoms with E-state index >= 15 is 0 Å². The predicted octanol–water partition coefficient (Wildman–Crippen LogP) is 9.77. The van der Waals surface area contributed by atoms with Crippen molar-refractivity contribution in [2.45, 2.75) is 151 Å². The standard InChI is InChI=1S/C28H53NP2.2CH3.Co/c1-5-13-25(14-6-1)30(26-15-7-2-8-16-26)23-21-29-22-24-31(27-17-9-3-10-18-27)28-19-11-4-12-20-28;;;/h25-29H,1-24H2;2*1H3;/q;2*-1;+2. The molecule has 0 unspecified atom stereocenters. The first kappa shape index (κ1) is 33.4. The van der Waals surface area contributed by atoms with Crippen LogP contribution in [0.25, 0.3) is 0 Å². The van der Waals surface area contributed by atoms with Gasteiger partial charge in [0.05, 0.1) is 0 Å². The van der Waals surface area contributed by atoms with Crippen LogP contribution in [0.15, 0.2) is 0 Å². The van der Waals surface area contributed by atoms with E-state index in [9.17, 15) is 0 Å². The maximum absolute atomic E-state index is 4.04. The van der Waals surface area contributed by atoms with Crippen LogP contribution in [0.3, 0.4) is 0 Å². The Morgan fingerprint density at radius 1 is 0.412 bits per heavy atom. The number of hydrogen-bond donors (Lipinski definition) is 1. The smallest absolute Gasteiger partial charge is 0.358 e. The van der Waals surface area contributed by atoms with Crippen LogP contribution in [0.4, 0.5) is 0 Å². The van der Waals surface area contributed by atoms with Crippen LogP contribution >= 0.6 is 15.8 Å². The summed E-state index contributed by atoms with van der Waals surface area (Å²) >= 11 is 0. The molecular formula is C30H59CoNP2. The van der Waals surface area contributed by atoms with E-state index in [2.05, 4.69) is 5.32 Å². The van der Waals surface area contributed by atoms with Crippen LogP contribution < -0.4 is 5.32 Å². The topological polar surface area (TPSA) is 12.0 Å². The third-order valence-corrected chi connectivity index (χ3v) is 16.6. The van der Waals surface area contributed by atoms with Gasteiger partial charge in [-0.15, -0.1) is 0 Å². The number of nitrogens with one attached hydrogen (secondary N) is 1. The summed E-state index contributed by atoms with van der Waals surface area (Å²) in [4.78, 5) is 0. The Labute approximate surface area is 228 Å². The molecule has 4 aliphatic rings. The molecule has 0 aromatic rings. The average Bonchev–Trinajstić information content (AvgIpc) is 2.86. The summed E-state index contributed by atoms with van der Waals surface area (Å²) in [6.45, 7) is 2.69. The molecule has 0 aromatic carbocycles. The monoisotopic (exact) mass is 554 g/mol. The number of rotatable bonds is 10. The van der Waals surface area contributed by atoms with E-state index < -0.39 is 0 Å². The largest absolute Gasteiger partial charge is 2.00 e. The van der Waals surface area contributed by atoms with Gasteiger partial charge in [0.15, 0.2) is 0 Å². The van der Waals surface area contributed by atoms with Gasteiger partial charge in [-0.3, -0.25) is 0 Å². The first-order valence-corrected chi connectivity index (χ1v) is 18.0. The summed E-state index contributed by atoms with van der Waals surface area (Å²) in [7, 11) is 0.579. The molecule has 0 amide bonds. The van der Waals surface area contributed by atoms with Crippen LogP contribution in [-0.4, -0.2) is 48.0 Å². The maximum atomic E-state index is 4.04. The van der Waals surface area contributed by atoms with E-state index in [0.29, 0.717) is 0 Å². The van der Waals surface area contributed by atoms with Gasteiger partial charge >= 0.3 is 16.8 Å². The van der Waals surface area contributed by atoms with E-state index in [1.807, 2.05) is 0 Å². The van der Waals surface area contributed by atoms with Crippen LogP contribution in [0, 0.1) is 14.9 Å². The van der Waals surface area contributed by atoms with Gasteiger partial charge in [-0.25, -0.2) is 0 Å². The molecule has 1 radical (unpaired) electrons. The van der Waals surface area contributed by atoms with Crippen molar-refractivity contribution in [3.8, 4) is 0 Å². The second-order valence-corrected chi connectivity index (χ2v) is 17.3. The zero-order valence-electron chi connectivity index (χ0n) is 23.0. The molecule has 4 heteroatoms. The van der Waals surface area contributed by atoms with E-state index in [1.54, 1.807) is 63.7 Å². The van der Waals surface area contributed by atoms with Gasteiger partial charge < -0.3 is 20.2 Å². The van der Waals surface area contributed by atoms with Crippen LogP contribution in [0.5, 0.6) is 0 Å². The fourth-order valence-electron chi connectivity index (χ4n) is 7.52. The van der Waals surface area contributed by atoms with Crippen LogP contribution in [-0.2, 0) is 16.8 Å². The van der Waals surface area contributed by atoms with Crippen LogP contribution in [0.2, 0.25) is 0 Å². The van der Waals surface area contributed by atoms with Crippen molar-refractivity contribution in [2.75, 3.05) is 25.4 Å². The fraction of sp³-hybridized carbons (Fsp3) is 0.933. The van der Waals surface area contributed by atoms with Crippen molar-refractivity contribution in [1.29, 1.82) is 0 Å². The van der Waals surface area contributed by atoms with Crippen LogP contribution in [0.1, 0.15) is 128 Å². The molecule has 4 fully saturated rings. The van der Waals surface area contributed by atoms with E-state index in [4.69, 9.17) is 0 Å². The maximum Gasteiger partial charge on any atom is 2.00 e. The minimum absolute atomic E-state index is 0. The summed E-state index contributed by atoms with van der Waals surface area (Å²) in [5.74, 6) is 0. The molecule has 1 N–H and O–H groups in total. The molecule has 4 saturated carbocycles. The summed E-state index contributed by atoms with van der Waals surface area (Å²) in [5.41, 5.74) is 4.54. The average molecular weight is 555 g/mol. The van der Waals surface area contributed by atoms with E-state index in [1.165, 1.54) is 90.1 Å². The second kappa shape index (κ2) is 19.4. The van der Waals surface area contributed by atoms with E-state index in [0.717, 1.165) is 22.6 Å². The van der Waals surface area contributed by atoms with Crippen molar-refractivity contribution in [1.82, 2.24) is 5.32 Å². The molecule has 34 heavy (non-hydrogen) atoms. The SMILES string of the molecule is C1CCC(P(CCNCCP(C2CCCCC2)C2CCCCC2)C2CCCCC2)CC1.[CH3-].[CH3-].[Co+2]. The predicted molar refractivity (Wildman–Crippen MR) is 157 cm³/mol. The van der Waals surface area contributed by atoms with Crippen molar-refractivity contribution < 1.29 is 16.8 Å². The van der Waals surface area contributed by atoms with Crippen molar-refractivity contribution in [3.63, 3.8) is 0 Å². The van der Waals surface area contributed by atoms with Gasteiger partial charge in [0.2, 0.25) is 0 Å². The zero-order chi connectivity index (χ0) is 21.1. The molecule has 0 atom stereocenters. The first-order chi connectivity index (χ1) is 15.4. The third kappa shape index (κ3) is 10.6. The quantitative estimate of drug-likeness (QED) is 0.161. The Bertz CT molecular complexity index is 388. The number of hydrogen-bond acceptors (Lipinski definition) is 1. The molecule has 4 aliphatic carbocycles. The Kier molecular flexibility index (Phi) is 19.0. The summed E-state index contributed by atoms with van der Waals surface area (Å²) < 4.78 is 0. The van der Waals surface area contributed by atoms with Crippen molar-refractivity contribution in [3.05, 3.63) is 14.9 Å².